The van der Waals surface area contributed by atoms with Crippen LogP contribution in [0.2, 0.25) is 0 Å². The molecular weight excluding hydrogens is 288 g/mol. The van der Waals surface area contributed by atoms with E-state index in [0.29, 0.717) is 30.5 Å². The minimum absolute atomic E-state index is 0.0436. The topological polar surface area (TPSA) is 57.5 Å². The molecule has 23 heavy (non-hydrogen) atoms. The minimum atomic E-state index is -0.458. The molecule has 0 spiro atoms. The number of carbonyl (C=O) groups is 1. The lowest BCUT2D eigenvalue weighted by Gasteiger charge is -2.18. The van der Waals surface area contributed by atoms with E-state index in [1.54, 1.807) is 0 Å². The van der Waals surface area contributed by atoms with Gasteiger partial charge in [-0.2, -0.15) is 0 Å². The summed E-state index contributed by atoms with van der Waals surface area (Å²) in [7, 11) is 0. The Balaban J connectivity index is 1.80. The van der Waals surface area contributed by atoms with Crippen LogP contribution in [0.3, 0.4) is 0 Å². The Morgan fingerprint density at radius 3 is 2.78 bits per heavy atom. The highest BCUT2D eigenvalue weighted by Crippen LogP contribution is 2.46. The molecule has 0 aromatic carbocycles. The fourth-order valence-electron chi connectivity index (χ4n) is 4.21. The number of Topliss-reactive ketones (excluding diaryl/α,β-unsaturated/α-hetero) is 1. The van der Waals surface area contributed by atoms with Crippen molar-refractivity contribution in [3.8, 4) is 0 Å². The zero-order chi connectivity index (χ0) is 17.0. The molecule has 2 aliphatic rings. The van der Waals surface area contributed by atoms with Gasteiger partial charge < -0.3 is 10.2 Å². The number of hydrogen-bond donors (Lipinski definition) is 2. The van der Waals surface area contributed by atoms with E-state index in [0.717, 1.165) is 25.7 Å². The molecule has 0 amide bonds. The Kier molecular flexibility index (Phi) is 6.60. The Labute approximate surface area is 140 Å². The summed E-state index contributed by atoms with van der Waals surface area (Å²) in [6, 6.07) is 0. The zero-order valence-corrected chi connectivity index (χ0v) is 14.7. The quantitative estimate of drug-likeness (QED) is 0.704. The molecule has 0 heterocycles. The first-order valence-corrected chi connectivity index (χ1v) is 9.06. The van der Waals surface area contributed by atoms with Crippen LogP contribution in [0.1, 0.15) is 59.3 Å². The van der Waals surface area contributed by atoms with Crippen molar-refractivity contribution in [3.63, 3.8) is 0 Å². The smallest absolute Gasteiger partial charge is 0.133 e. The molecule has 3 nitrogen and oxygen atoms in total. The van der Waals surface area contributed by atoms with Crippen LogP contribution in [0.4, 0.5) is 0 Å². The van der Waals surface area contributed by atoms with Gasteiger partial charge in [-0.15, -0.1) is 0 Å². The number of allylic oxidation sites excluding steroid dienone is 2. The lowest BCUT2D eigenvalue weighted by Crippen LogP contribution is -2.18. The molecule has 2 N–H and O–H groups in total. The molecule has 130 valence electrons. The maximum absolute atomic E-state index is 11.6. The largest absolute Gasteiger partial charge is 0.392 e. The highest BCUT2D eigenvalue weighted by molar-refractivity contribution is 5.81. The lowest BCUT2D eigenvalue weighted by atomic mass is 9.90. The molecule has 0 bridgehead atoms. The molecule has 0 aliphatic heterocycles. The normalized spacial score (nSPS) is 33.0. The van der Waals surface area contributed by atoms with Gasteiger partial charge in [-0.1, -0.05) is 30.7 Å². The van der Waals surface area contributed by atoms with E-state index in [9.17, 15) is 15.0 Å². The molecule has 3 unspecified atom stereocenters. The van der Waals surface area contributed by atoms with Crippen molar-refractivity contribution in [2.45, 2.75) is 71.5 Å². The molecule has 0 aromatic heterocycles. The third-order valence-corrected chi connectivity index (χ3v) is 5.45. The minimum Gasteiger partial charge on any atom is -0.392 e. The molecule has 2 saturated carbocycles. The van der Waals surface area contributed by atoms with Crippen molar-refractivity contribution in [1.29, 1.82) is 0 Å². The van der Waals surface area contributed by atoms with Gasteiger partial charge in [0.1, 0.15) is 5.78 Å². The van der Waals surface area contributed by atoms with Crippen molar-refractivity contribution in [1.82, 2.24) is 0 Å². The average molecular weight is 320 g/mol. The predicted molar refractivity (Wildman–Crippen MR) is 92.9 cm³/mol. The molecule has 2 fully saturated rings. The first kappa shape index (κ1) is 18.4. The van der Waals surface area contributed by atoms with Gasteiger partial charge in [0.15, 0.2) is 0 Å². The second-order valence-corrected chi connectivity index (χ2v) is 7.90. The third kappa shape index (κ3) is 5.29. The highest BCUT2D eigenvalue weighted by Gasteiger charge is 2.46. The standard InChI is InChI=1S/C20H32O3/c1-13(2)5-4-6-14(3)9-16(21)7-8-18-19-12-17(22)10-15(19)11-20(18)23/h5,7-8,14-16,18-21,23H,4,6,9-12H2,1-3H3/t14-,15?,16?,18-,19?,20-/m1/s1. The predicted octanol–water partition coefficient (Wildman–Crippen LogP) is 3.65. The van der Waals surface area contributed by atoms with Crippen LogP contribution in [0.15, 0.2) is 23.8 Å². The van der Waals surface area contributed by atoms with Crippen LogP contribution in [-0.4, -0.2) is 28.2 Å². The van der Waals surface area contributed by atoms with Crippen LogP contribution in [0, 0.1) is 23.7 Å². The second kappa shape index (κ2) is 8.25. The number of aliphatic hydroxyl groups excluding tert-OH is 2. The summed E-state index contributed by atoms with van der Waals surface area (Å²) in [4.78, 5) is 11.6. The van der Waals surface area contributed by atoms with Crippen molar-refractivity contribution in [2.75, 3.05) is 0 Å². The van der Waals surface area contributed by atoms with E-state index in [1.165, 1.54) is 5.57 Å². The van der Waals surface area contributed by atoms with Crippen LogP contribution in [0.5, 0.6) is 0 Å². The lowest BCUT2D eigenvalue weighted by molar-refractivity contribution is -0.118. The van der Waals surface area contributed by atoms with E-state index >= 15 is 0 Å². The van der Waals surface area contributed by atoms with E-state index < -0.39 is 6.10 Å². The van der Waals surface area contributed by atoms with Gasteiger partial charge in [-0.05, 0) is 57.3 Å². The number of aliphatic hydroxyl groups is 2. The fourth-order valence-corrected chi connectivity index (χ4v) is 4.21. The summed E-state index contributed by atoms with van der Waals surface area (Å²) in [5.74, 6) is 1.49. The van der Waals surface area contributed by atoms with Crippen molar-refractivity contribution in [2.24, 2.45) is 23.7 Å². The van der Waals surface area contributed by atoms with Gasteiger partial charge >= 0.3 is 0 Å². The monoisotopic (exact) mass is 320 g/mol. The van der Waals surface area contributed by atoms with Gasteiger partial charge in [-0.3, -0.25) is 4.79 Å². The first-order valence-electron chi connectivity index (χ1n) is 9.06. The third-order valence-electron chi connectivity index (χ3n) is 5.45. The van der Waals surface area contributed by atoms with Gasteiger partial charge in [0.2, 0.25) is 0 Å². The van der Waals surface area contributed by atoms with Crippen LogP contribution in [-0.2, 0) is 4.79 Å². The summed E-state index contributed by atoms with van der Waals surface area (Å²) in [6.07, 6.45) is 10.1. The summed E-state index contributed by atoms with van der Waals surface area (Å²) in [5.41, 5.74) is 1.34. The molecule has 0 saturated heterocycles. The summed E-state index contributed by atoms with van der Waals surface area (Å²) in [6.45, 7) is 6.39. The van der Waals surface area contributed by atoms with E-state index in [2.05, 4.69) is 26.8 Å². The van der Waals surface area contributed by atoms with Crippen molar-refractivity contribution >= 4 is 5.78 Å². The Bertz CT molecular complexity index is 462. The number of hydrogen-bond acceptors (Lipinski definition) is 3. The highest BCUT2D eigenvalue weighted by atomic mass is 16.3. The summed E-state index contributed by atoms with van der Waals surface area (Å²) < 4.78 is 0. The van der Waals surface area contributed by atoms with E-state index in [-0.39, 0.29) is 17.9 Å². The molecule has 0 aromatic rings. The molecule has 0 radical (unpaired) electrons. The number of fused-ring (bicyclic) bond motifs is 1. The molecule has 6 atom stereocenters. The molecule has 3 heteroatoms. The summed E-state index contributed by atoms with van der Waals surface area (Å²) >= 11 is 0. The first-order chi connectivity index (χ1) is 10.9. The van der Waals surface area contributed by atoms with E-state index in [1.807, 2.05) is 12.2 Å². The Morgan fingerprint density at radius 2 is 2.09 bits per heavy atom. The van der Waals surface area contributed by atoms with Crippen LogP contribution in [0.25, 0.3) is 0 Å². The molecular formula is C20H32O3. The maximum Gasteiger partial charge on any atom is 0.133 e. The van der Waals surface area contributed by atoms with Gasteiger partial charge in [0.25, 0.3) is 0 Å². The van der Waals surface area contributed by atoms with Crippen LogP contribution < -0.4 is 0 Å². The molecule has 2 aliphatic carbocycles. The Hall–Kier alpha value is -0.930. The fraction of sp³-hybridized carbons (Fsp3) is 0.750. The van der Waals surface area contributed by atoms with Gasteiger partial charge in [0, 0.05) is 18.8 Å². The number of ketones is 1. The molecule has 2 rings (SSSR count). The maximum atomic E-state index is 11.6. The van der Waals surface area contributed by atoms with Crippen LogP contribution >= 0.6 is 0 Å². The van der Waals surface area contributed by atoms with Gasteiger partial charge in [0.05, 0.1) is 12.2 Å². The van der Waals surface area contributed by atoms with E-state index in [4.69, 9.17) is 0 Å². The zero-order valence-electron chi connectivity index (χ0n) is 14.7. The Morgan fingerprint density at radius 1 is 1.35 bits per heavy atom. The van der Waals surface area contributed by atoms with Gasteiger partial charge in [-0.25, -0.2) is 0 Å². The second-order valence-electron chi connectivity index (χ2n) is 7.90. The van der Waals surface area contributed by atoms with Crippen molar-refractivity contribution < 1.29 is 15.0 Å². The van der Waals surface area contributed by atoms with Crippen molar-refractivity contribution in [3.05, 3.63) is 23.8 Å². The SMILES string of the molecule is CC(C)=CCC[C@@H](C)CC(O)C=C[C@@H]1C2CC(=O)CC2C[C@H]1O. The number of rotatable bonds is 7. The average Bonchev–Trinajstić information content (AvgIpc) is 2.91. The number of carbonyl (C=O) groups excluding carboxylic acids is 1. The summed E-state index contributed by atoms with van der Waals surface area (Å²) in [5, 5.41) is 20.4.